The maximum Gasteiger partial charge on any atom is 0.337 e. The molecule has 5 N–H and O–H groups in total. The van der Waals surface area contributed by atoms with Crippen molar-refractivity contribution in [3.8, 4) is 0 Å². The van der Waals surface area contributed by atoms with E-state index in [-0.39, 0.29) is 18.8 Å². The highest BCUT2D eigenvalue weighted by Crippen LogP contribution is 2.45. The van der Waals surface area contributed by atoms with E-state index in [1.54, 1.807) is 6.08 Å². The SMILES string of the molecule is CCCCOCC1=C[C@H](O)[C@@H]2C(C(=O)OCCCC)=CO[C@@H](O[C@@H]3O[C@H](CO)[C@@H](O)[C@H](O)[C@H]3O)[C@H]12. The number of fused-ring (bicyclic) bond motifs is 1. The van der Waals surface area contributed by atoms with Gasteiger partial charge in [-0.25, -0.2) is 4.79 Å². The van der Waals surface area contributed by atoms with Crippen LogP contribution >= 0.6 is 0 Å². The first-order valence-corrected chi connectivity index (χ1v) is 12.3. The number of carbonyl (C=O) groups is 1. The Morgan fingerprint density at radius 1 is 0.971 bits per heavy atom. The fourth-order valence-corrected chi connectivity index (χ4v) is 4.49. The standard InChI is InChI=1S/C24H38O11/c1-3-5-7-31-11-13-9-15(26)18-14(22(30)32-8-6-4-2)12-33-23(17(13)18)35-24-21(29)20(28)19(27)16(10-25)34-24/h9,12,15-21,23-29H,3-8,10-11H2,1-2H3/t15-,16+,17+,18-,19+,20-,21+,23-,24-/m0/s1. The Bertz CT molecular complexity index is 752. The summed E-state index contributed by atoms with van der Waals surface area (Å²) in [6.45, 7) is 4.34. The number of rotatable bonds is 12. The molecule has 35 heavy (non-hydrogen) atoms. The Hall–Kier alpha value is -1.57. The van der Waals surface area contributed by atoms with Crippen LogP contribution in [0.4, 0.5) is 0 Å². The van der Waals surface area contributed by atoms with Crippen molar-refractivity contribution in [1.29, 1.82) is 0 Å². The van der Waals surface area contributed by atoms with E-state index in [0.29, 0.717) is 18.6 Å². The lowest BCUT2D eigenvalue weighted by Crippen LogP contribution is -2.60. The molecular formula is C24H38O11. The molecule has 1 aliphatic carbocycles. The summed E-state index contributed by atoms with van der Waals surface area (Å²) in [7, 11) is 0. The molecule has 0 bridgehead atoms. The number of ether oxygens (including phenoxy) is 5. The van der Waals surface area contributed by atoms with Crippen LogP contribution in [0.2, 0.25) is 0 Å². The first-order chi connectivity index (χ1) is 16.8. The maximum atomic E-state index is 12.7. The van der Waals surface area contributed by atoms with Gasteiger partial charge in [0.15, 0.2) is 6.29 Å². The number of aliphatic hydroxyl groups excluding tert-OH is 5. The molecule has 0 aromatic rings. The van der Waals surface area contributed by atoms with Gasteiger partial charge in [-0.2, -0.15) is 0 Å². The van der Waals surface area contributed by atoms with Gasteiger partial charge in [-0.15, -0.1) is 0 Å². The maximum absolute atomic E-state index is 12.7. The number of unbranched alkanes of at least 4 members (excludes halogenated alkanes) is 2. The van der Waals surface area contributed by atoms with Crippen molar-refractivity contribution in [2.45, 2.75) is 82.6 Å². The first-order valence-electron chi connectivity index (χ1n) is 12.3. The summed E-state index contributed by atoms with van der Waals surface area (Å²) in [5.41, 5.74) is 0.812. The van der Waals surface area contributed by atoms with Gasteiger partial charge in [-0.3, -0.25) is 0 Å². The second-order valence-corrected chi connectivity index (χ2v) is 9.09. The molecule has 1 fully saturated rings. The average molecular weight is 503 g/mol. The summed E-state index contributed by atoms with van der Waals surface area (Å²) in [4.78, 5) is 12.7. The minimum Gasteiger partial charge on any atom is -0.471 e. The Labute approximate surface area is 204 Å². The number of hydrogen-bond acceptors (Lipinski definition) is 11. The fraction of sp³-hybridized carbons (Fsp3) is 0.792. The van der Waals surface area contributed by atoms with Crippen molar-refractivity contribution in [2.24, 2.45) is 11.8 Å². The third kappa shape index (κ3) is 6.41. The third-order valence-electron chi connectivity index (χ3n) is 6.54. The van der Waals surface area contributed by atoms with Crippen LogP contribution in [0, 0.1) is 11.8 Å². The highest BCUT2D eigenvalue weighted by Gasteiger charge is 2.52. The molecule has 9 atom stereocenters. The topological polar surface area (TPSA) is 164 Å². The molecule has 2 aliphatic heterocycles. The fourth-order valence-electron chi connectivity index (χ4n) is 4.49. The van der Waals surface area contributed by atoms with Gasteiger partial charge < -0.3 is 49.2 Å². The van der Waals surface area contributed by atoms with E-state index in [0.717, 1.165) is 19.3 Å². The van der Waals surface area contributed by atoms with Crippen LogP contribution in [0.3, 0.4) is 0 Å². The van der Waals surface area contributed by atoms with Crippen LogP contribution < -0.4 is 0 Å². The lowest BCUT2D eigenvalue weighted by Gasteiger charge is -2.43. The largest absolute Gasteiger partial charge is 0.471 e. The van der Waals surface area contributed by atoms with Crippen molar-refractivity contribution in [2.75, 3.05) is 26.4 Å². The summed E-state index contributed by atoms with van der Waals surface area (Å²) in [5.74, 6) is -2.00. The second kappa shape index (κ2) is 13.1. The van der Waals surface area contributed by atoms with Crippen molar-refractivity contribution in [3.63, 3.8) is 0 Å². The molecule has 11 heteroatoms. The summed E-state index contributed by atoms with van der Waals surface area (Å²) in [5, 5.41) is 50.8. The predicted molar refractivity (Wildman–Crippen MR) is 120 cm³/mol. The summed E-state index contributed by atoms with van der Waals surface area (Å²) in [6, 6.07) is 0. The van der Waals surface area contributed by atoms with Crippen molar-refractivity contribution in [1.82, 2.24) is 0 Å². The van der Waals surface area contributed by atoms with Crippen molar-refractivity contribution < 1.29 is 54.0 Å². The molecule has 0 saturated carbocycles. The van der Waals surface area contributed by atoms with Gasteiger partial charge in [0, 0.05) is 12.5 Å². The summed E-state index contributed by atoms with van der Waals surface area (Å²) < 4.78 is 28.1. The minimum absolute atomic E-state index is 0.159. The lowest BCUT2D eigenvalue weighted by atomic mass is 9.82. The van der Waals surface area contributed by atoms with Crippen LogP contribution in [0.25, 0.3) is 0 Å². The molecule has 0 radical (unpaired) electrons. The summed E-state index contributed by atoms with van der Waals surface area (Å²) >= 11 is 0. The van der Waals surface area contributed by atoms with Gasteiger partial charge >= 0.3 is 5.97 Å². The van der Waals surface area contributed by atoms with Crippen molar-refractivity contribution >= 4 is 5.97 Å². The van der Waals surface area contributed by atoms with E-state index in [9.17, 15) is 30.3 Å². The van der Waals surface area contributed by atoms with E-state index in [1.165, 1.54) is 6.26 Å². The first kappa shape index (κ1) is 28.0. The van der Waals surface area contributed by atoms with Gasteiger partial charge in [-0.05, 0) is 18.4 Å². The molecule has 3 rings (SSSR count). The monoisotopic (exact) mass is 502 g/mol. The molecule has 200 valence electrons. The molecular weight excluding hydrogens is 464 g/mol. The highest BCUT2D eigenvalue weighted by molar-refractivity contribution is 5.89. The second-order valence-electron chi connectivity index (χ2n) is 9.09. The average Bonchev–Trinajstić information content (AvgIpc) is 3.18. The highest BCUT2D eigenvalue weighted by atomic mass is 16.8. The Morgan fingerprint density at radius 2 is 1.69 bits per heavy atom. The quantitative estimate of drug-likeness (QED) is 0.136. The van der Waals surface area contributed by atoms with Crippen LogP contribution in [0.5, 0.6) is 0 Å². The molecule has 0 amide bonds. The van der Waals surface area contributed by atoms with Gasteiger partial charge in [0.05, 0.1) is 43.7 Å². The number of hydrogen-bond donors (Lipinski definition) is 5. The predicted octanol–water partition coefficient (Wildman–Crippen LogP) is -0.264. The molecule has 3 aliphatic rings. The van der Waals surface area contributed by atoms with E-state index < -0.39 is 67.5 Å². The number of aliphatic hydroxyl groups is 5. The zero-order valence-electron chi connectivity index (χ0n) is 20.2. The normalized spacial score (nSPS) is 36.7. The Kier molecular flexibility index (Phi) is 10.5. The molecule has 0 aromatic heterocycles. The molecule has 1 saturated heterocycles. The van der Waals surface area contributed by atoms with Crippen LogP contribution in [0.1, 0.15) is 39.5 Å². The van der Waals surface area contributed by atoms with E-state index in [2.05, 4.69) is 0 Å². The van der Waals surface area contributed by atoms with Gasteiger partial charge in [0.2, 0.25) is 6.29 Å². The number of carbonyl (C=O) groups excluding carboxylic acids is 1. The smallest absolute Gasteiger partial charge is 0.337 e. The Balaban J connectivity index is 1.81. The molecule has 0 aromatic carbocycles. The van der Waals surface area contributed by atoms with Crippen LogP contribution in [0.15, 0.2) is 23.5 Å². The molecule has 11 nitrogen and oxygen atoms in total. The molecule has 0 unspecified atom stereocenters. The Morgan fingerprint density at radius 3 is 2.37 bits per heavy atom. The van der Waals surface area contributed by atoms with Crippen LogP contribution in [-0.4, -0.2) is 101 Å². The molecule has 2 heterocycles. The van der Waals surface area contributed by atoms with E-state index >= 15 is 0 Å². The van der Waals surface area contributed by atoms with E-state index in [1.807, 2.05) is 13.8 Å². The van der Waals surface area contributed by atoms with E-state index in [4.69, 9.17) is 23.7 Å². The van der Waals surface area contributed by atoms with Crippen LogP contribution in [-0.2, 0) is 28.5 Å². The lowest BCUT2D eigenvalue weighted by molar-refractivity contribution is -0.340. The van der Waals surface area contributed by atoms with Gasteiger partial charge in [-0.1, -0.05) is 32.8 Å². The minimum atomic E-state index is -1.63. The number of esters is 1. The van der Waals surface area contributed by atoms with Gasteiger partial charge in [0.1, 0.15) is 24.4 Å². The third-order valence-corrected chi connectivity index (χ3v) is 6.54. The zero-order valence-corrected chi connectivity index (χ0v) is 20.2. The van der Waals surface area contributed by atoms with Crippen molar-refractivity contribution in [3.05, 3.63) is 23.5 Å². The zero-order chi connectivity index (χ0) is 25.5. The molecule has 0 spiro atoms. The summed E-state index contributed by atoms with van der Waals surface area (Å²) in [6.07, 6.45) is -3.36. The van der Waals surface area contributed by atoms with Gasteiger partial charge in [0.25, 0.3) is 0 Å².